The lowest BCUT2D eigenvalue weighted by molar-refractivity contribution is 0.0697. The average molecular weight is 271 g/mol. The highest BCUT2D eigenvalue weighted by Gasteiger charge is 2.19. The van der Waals surface area contributed by atoms with Gasteiger partial charge in [-0.1, -0.05) is 30.3 Å². The number of rotatable bonds is 3. The van der Waals surface area contributed by atoms with E-state index in [0.717, 1.165) is 5.56 Å². The fourth-order valence-corrected chi connectivity index (χ4v) is 1.72. The smallest absolute Gasteiger partial charge is 0.341 e. The first-order chi connectivity index (χ1) is 9.37. The number of carboxylic acids is 1. The number of hydrogen-bond acceptors (Lipinski definition) is 4. The molecule has 20 heavy (non-hydrogen) atoms. The molecule has 0 unspecified atom stereocenters. The third-order valence-electron chi connectivity index (χ3n) is 2.54. The summed E-state index contributed by atoms with van der Waals surface area (Å²) in [5.74, 6) is -0.211. The van der Waals surface area contributed by atoms with E-state index in [0.29, 0.717) is 11.6 Å². The van der Waals surface area contributed by atoms with Crippen LogP contribution in [-0.2, 0) is 0 Å². The van der Waals surface area contributed by atoms with E-state index in [9.17, 15) is 9.90 Å². The number of carboxylic acid groups (broad SMARTS) is 1. The number of anilines is 1. The quantitative estimate of drug-likeness (QED) is 0.897. The van der Waals surface area contributed by atoms with Crippen LogP contribution in [0.2, 0.25) is 0 Å². The Hall–Kier alpha value is -2.43. The molecule has 0 saturated carbocycles. The molecule has 5 nitrogen and oxygen atoms in total. The van der Waals surface area contributed by atoms with E-state index >= 15 is 0 Å². The zero-order valence-electron chi connectivity index (χ0n) is 11.7. The van der Waals surface area contributed by atoms with Gasteiger partial charge in [-0.15, -0.1) is 0 Å². The van der Waals surface area contributed by atoms with Gasteiger partial charge in [0, 0.05) is 17.3 Å². The third kappa shape index (κ3) is 3.32. The van der Waals surface area contributed by atoms with E-state index in [1.165, 1.54) is 6.20 Å². The summed E-state index contributed by atoms with van der Waals surface area (Å²) in [5, 5.41) is 12.3. The van der Waals surface area contributed by atoms with Gasteiger partial charge in [0.15, 0.2) is 5.82 Å². The van der Waals surface area contributed by atoms with Crippen molar-refractivity contribution in [2.45, 2.75) is 26.3 Å². The van der Waals surface area contributed by atoms with Gasteiger partial charge in [-0.3, -0.25) is 0 Å². The highest BCUT2D eigenvalue weighted by molar-refractivity contribution is 5.93. The lowest BCUT2D eigenvalue weighted by Gasteiger charge is -2.22. The molecule has 5 heteroatoms. The molecule has 1 heterocycles. The van der Waals surface area contributed by atoms with Gasteiger partial charge in [0.2, 0.25) is 0 Å². The number of aromatic carboxylic acids is 1. The van der Waals surface area contributed by atoms with Crippen LogP contribution in [-0.4, -0.2) is 26.6 Å². The summed E-state index contributed by atoms with van der Waals surface area (Å²) < 4.78 is 0. The van der Waals surface area contributed by atoms with Gasteiger partial charge in [-0.25, -0.2) is 14.8 Å². The molecule has 0 atom stereocenters. The first-order valence-corrected chi connectivity index (χ1v) is 6.31. The highest BCUT2D eigenvalue weighted by atomic mass is 16.4. The summed E-state index contributed by atoms with van der Waals surface area (Å²) in [4.78, 5) is 19.7. The van der Waals surface area contributed by atoms with Gasteiger partial charge in [-0.05, 0) is 20.8 Å². The van der Waals surface area contributed by atoms with Crippen molar-refractivity contribution >= 4 is 11.8 Å². The van der Waals surface area contributed by atoms with E-state index in [1.807, 2.05) is 51.1 Å². The molecule has 2 N–H and O–H groups in total. The van der Waals surface area contributed by atoms with E-state index in [4.69, 9.17) is 0 Å². The topological polar surface area (TPSA) is 75.1 Å². The van der Waals surface area contributed by atoms with E-state index < -0.39 is 5.97 Å². The largest absolute Gasteiger partial charge is 0.477 e. The molecule has 1 aromatic carbocycles. The van der Waals surface area contributed by atoms with Crippen molar-refractivity contribution in [2.75, 3.05) is 5.32 Å². The van der Waals surface area contributed by atoms with Crippen LogP contribution < -0.4 is 5.32 Å². The minimum atomic E-state index is -1.05. The second kappa shape index (κ2) is 5.28. The first-order valence-electron chi connectivity index (χ1n) is 6.31. The summed E-state index contributed by atoms with van der Waals surface area (Å²) in [6.45, 7) is 5.84. The van der Waals surface area contributed by atoms with Crippen molar-refractivity contribution < 1.29 is 9.90 Å². The average Bonchev–Trinajstić information content (AvgIpc) is 2.37. The predicted octanol–water partition coefficient (Wildman–Crippen LogP) is 3.05. The molecule has 0 bridgehead atoms. The molecule has 104 valence electrons. The van der Waals surface area contributed by atoms with E-state index in [1.54, 1.807) is 0 Å². The van der Waals surface area contributed by atoms with Gasteiger partial charge in [0.05, 0.1) is 0 Å². The van der Waals surface area contributed by atoms with Crippen molar-refractivity contribution in [2.24, 2.45) is 0 Å². The van der Waals surface area contributed by atoms with Crippen molar-refractivity contribution in [3.63, 3.8) is 0 Å². The third-order valence-corrected chi connectivity index (χ3v) is 2.54. The second-order valence-electron chi connectivity index (χ2n) is 5.50. The Morgan fingerprint density at radius 2 is 1.85 bits per heavy atom. The van der Waals surface area contributed by atoms with Gasteiger partial charge in [0.1, 0.15) is 11.4 Å². The molecule has 1 aromatic heterocycles. The Labute approximate surface area is 117 Å². The molecule has 0 spiro atoms. The molecule has 0 aliphatic heterocycles. The van der Waals surface area contributed by atoms with E-state index in [-0.39, 0.29) is 11.1 Å². The van der Waals surface area contributed by atoms with Crippen LogP contribution in [0.15, 0.2) is 36.5 Å². The normalized spacial score (nSPS) is 11.2. The standard InChI is InChI=1S/C15H17N3O2/c1-15(2,3)18-13-11(14(19)20)9-16-12(17-13)10-7-5-4-6-8-10/h4-9H,1-3H3,(H,19,20)(H,16,17,18). The van der Waals surface area contributed by atoms with Crippen molar-refractivity contribution in [1.82, 2.24) is 9.97 Å². The summed E-state index contributed by atoms with van der Waals surface area (Å²) >= 11 is 0. The van der Waals surface area contributed by atoms with Gasteiger partial charge in [0.25, 0.3) is 0 Å². The van der Waals surface area contributed by atoms with Crippen molar-refractivity contribution in [3.8, 4) is 11.4 Å². The molecule has 0 amide bonds. The fraction of sp³-hybridized carbons (Fsp3) is 0.267. The predicted molar refractivity (Wildman–Crippen MR) is 77.8 cm³/mol. The molecule has 0 saturated heterocycles. The lowest BCUT2D eigenvalue weighted by Crippen LogP contribution is -2.28. The van der Waals surface area contributed by atoms with Crippen LogP contribution in [0.3, 0.4) is 0 Å². The van der Waals surface area contributed by atoms with Crippen LogP contribution in [0.4, 0.5) is 5.82 Å². The van der Waals surface area contributed by atoms with Crippen molar-refractivity contribution in [3.05, 3.63) is 42.1 Å². The monoisotopic (exact) mass is 271 g/mol. The number of carbonyl (C=O) groups is 1. The fourth-order valence-electron chi connectivity index (χ4n) is 1.72. The molecule has 2 aromatic rings. The number of aromatic nitrogens is 2. The summed E-state index contributed by atoms with van der Waals surface area (Å²) in [5.41, 5.74) is 0.632. The Morgan fingerprint density at radius 1 is 1.20 bits per heavy atom. The number of benzene rings is 1. The molecule has 0 aliphatic rings. The molecule has 2 rings (SSSR count). The molecule has 0 radical (unpaired) electrons. The van der Waals surface area contributed by atoms with Gasteiger partial charge < -0.3 is 10.4 Å². The van der Waals surface area contributed by atoms with Gasteiger partial charge in [-0.2, -0.15) is 0 Å². The maximum atomic E-state index is 11.2. The van der Waals surface area contributed by atoms with Crippen LogP contribution in [0, 0.1) is 0 Å². The zero-order chi connectivity index (χ0) is 14.8. The van der Waals surface area contributed by atoms with Crippen molar-refractivity contribution in [1.29, 1.82) is 0 Å². The summed E-state index contributed by atoms with van der Waals surface area (Å²) in [6, 6.07) is 9.46. The number of nitrogens with one attached hydrogen (secondary N) is 1. The summed E-state index contributed by atoms with van der Waals surface area (Å²) in [6.07, 6.45) is 1.34. The van der Waals surface area contributed by atoms with Crippen LogP contribution in [0.5, 0.6) is 0 Å². The molecular formula is C15H17N3O2. The minimum absolute atomic E-state index is 0.0691. The van der Waals surface area contributed by atoms with Crippen LogP contribution in [0.1, 0.15) is 31.1 Å². The number of nitrogens with zero attached hydrogens (tertiary/aromatic N) is 2. The number of hydrogen-bond donors (Lipinski definition) is 2. The zero-order valence-corrected chi connectivity index (χ0v) is 11.7. The first kappa shape index (κ1) is 14.0. The second-order valence-corrected chi connectivity index (χ2v) is 5.50. The SMILES string of the molecule is CC(C)(C)Nc1nc(-c2ccccc2)ncc1C(=O)O. The molecule has 0 aliphatic carbocycles. The van der Waals surface area contributed by atoms with E-state index in [2.05, 4.69) is 15.3 Å². The maximum absolute atomic E-state index is 11.2. The maximum Gasteiger partial charge on any atom is 0.341 e. The minimum Gasteiger partial charge on any atom is -0.477 e. The molecule has 0 fully saturated rings. The Bertz CT molecular complexity index is 619. The van der Waals surface area contributed by atoms with Crippen LogP contribution in [0.25, 0.3) is 11.4 Å². The Kier molecular flexibility index (Phi) is 3.70. The highest BCUT2D eigenvalue weighted by Crippen LogP contribution is 2.21. The molecular weight excluding hydrogens is 254 g/mol. The lowest BCUT2D eigenvalue weighted by atomic mass is 10.1. The Morgan fingerprint density at radius 3 is 2.40 bits per heavy atom. The summed E-state index contributed by atoms with van der Waals surface area (Å²) in [7, 11) is 0. The Balaban J connectivity index is 2.48. The van der Waals surface area contributed by atoms with Crippen LogP contribution >= 0.6 is 0 Å². The van der Waals surface area contributed by atoms with Gasteiger partial charge >= 0.3 is 5.97 Å².